The van der Waals surface area contributed by atoms with Gasteiger partial charge in [0.15, 0.2) is 0 Å². The Hall–Kier alpha value is -1.36. The molecule has 1 amide bonds. The van der Waals surface area contributed by atoms with Crippen molar-refractivity contribution in [1.82, 2.24) is 10.2 Å². The van der Waals surface area contributed by atoms with Gasteiger partial charge in [-0.25, -0.2) is 0 Å². The zero-order valence-corrected chi connectivity index (χ0v) is 8.29. The van der Waals surface area contributed by atoms with Crippen LogP contribution in [0.5, 0.6) is 0 Å². The van der Waals surface area contributed by atoms with E-state index in [1.54, 1.807) is 12.3 Å². The van der Waals surface area contributed by atoms with Gasteiger partial charge in [-0.05, 0) is 12.5 Å². The fourth-order valence-corrected chi connectivity index (χ4v) is 1.18. The number of rotatable bonds is 5. The first kappa shape index (κ1) is 10.7. The molecule has 1 heterocycles. The highest BCUT2D eigenvalue weighted by molar-refractivity contribution is 5.89. The molecule has 0 aliphatic carbocycles. The molecule has 0 saturated carbocycles. The van der Waals surface area contributed by atoms with E-state index in [-0.39, 0.29) is 11.8 Å². The molecule has 1 atom stereocenters. The average molecular weight is 196 g/mol. The Morgan fingerprint density at radius 2 is 2.57 bits per heavy atom. The minimum atomic E-state index is -0.0217. The number of nitrogens with one attached hydrogen (secondary N) is 2. The van der Waals surface area contributed by atoms with Gasteiger partial charge in [0.2, 0.25) is 5.91 Å². The zero-order valence-electron chi connectivity index (χ0n) is 8.29. The second-order valence-corrected chi connectivity index (χ2v) is 3.23. The van der Waals surface area contributed by atoms with Gasteiger partial charge in [0.25, 0.3) is 0 Å². The van der Waals surface area contributed by atoms with Gasteiger partial charge in [0.1, 0.15) is 5.82 Å². The van der Waals surface area contributed by atoms with Crippen LogP contribution in [-0.4, -0.2) is 22.6 Å². The normalized spacial score (nSPS) is 12.4. The number of H-pyrrole nitrogens is 1. The van der Waals surface area contributed by atoms with Gasteiger partial charge >= 0.3 is 0 Å². The van der Waals surface area contributed by atoms with Crippen LogP contribution >= 0.6 is 0 Å². The molecular formula is C9H16N4O. The minimum Gasteiger partial charge on any atom is -0.330 e. The number of carbonyl (C=O) groups excluding carboxylic acids is 1. The summed E-state index contributed by atoms with van der Waals surface area (Å²) in [6, 6.07) is 1.71. The predicted octanol–water partition coefficient (Wildman–Crippen LogP) is 0.723. The third-order valence-electron chi connectivity index (χ3n) is 2.16. The van der Waals surface area contributed by atoms with Gasteiger partial charge in [0.05, 0.1) is 6.20 Å². The first-order chi connectivity index (χ1) is 6.76. The Morgan fingerprint density at radius 3 is 3.07 bits per heavy atom. The Morgan fingerprint density at radius 1 is 1.79 bits per heavy atom. The van der Waals surface area contributed by atoms with E-state index < -0.39 is 0 Å². The third kappa shape index (κ3) is 3.18. The van der Waals surface area contributed by atoms with Crippen LogP contribution in [0.1, 0.15) is 19.8 Å². The van der Waals surface area contributed by atoms with Crippen LogP contribution in [0.25, 0.3) is 0 Å². The van der Waals surface area contributed by atoms with E-state index in [0.29, 0.717) is 18.8 Å². The number of amides is 1. The molecule has 78 valence electrons. The van der Waals surface area contributed by atoms with Crippen molar-refractivity contribution in [2.24, 2.45) is 11.7 Å². The van der Waals surface area contributed by atoms with Crippen LogP contribution in [0, 0.1) is 5.92 Å². The summed E-state index contributed by atoms with van der Waals surface area (Å²) in [5.41, 5.74) is 5.50. The molecule has 1 unspecified atom stereocenters. The van der Waals surface area contributed by atoms with Crippen LogP contribution in [0.3, 0.4) is 0 Å². The second kappa shape index (κ2) is 5.39. The lowest BCUT2D eigenvalue weighted by Crippen LogP contribution is -2.21. The lowest BCUT2D eigenvalue weighted by molar-refractivity contribution is -0.117. The molecule has 1 aromatic heterocycles. The number of anilines is 1. The summed E-state index contributed by atoms with van der Waals surface area (Å²) < 4.78 is 0. The van der Waals surface area contributed by atoms with Crippen LogP contribution in [0.2, 0.25) is 0 Å². The van der Waals surface area contributed by atoms with Crippen molar-refractivity contribution in [3.05, 3.63) is 12.3 Å². The quantitative estimate of drug-likeness (QED) is 0.649. The van der Waals surface area contributed by atoms with Crippen molar-refractivity contribution in [1.29, 1.82) is 0 Å². The molecule has 0 aromatic carbocycles. The number of nitrogens with zero attached hydrogens (tertiary/aromatic N) is 1. The number of hydrogen-bond donors (Lipinski definition) is 3. The Kier molecular flexibility index (Phi) is 4.12. The molecule has 0 spiro atoms. The Balaban J connectivity index is 2.35. The summed E-state index contributed by atoms with van der Waals surface area (Å²) in [7, 11) is 0. The fourth-order valence-electron chi connectivity index (χ4n) is 1.18. The van der Waals surface area contributed by atoms with E-state index >= 15 is 0 Å². The molecule has 5 nitrogen and oxygen atoms in total. The molecule has 0 aliphatic heterocycles. The first-order valence-corrected chi connectivity index (χ1v) is 4.75. The maximum absolute atomic E-state index is 11.4. The largest absolute Gasteiger partial charge is 0.330 e. The summed E-state index contributed by atoms with van der Waals surface area (Å²) in [5.74, 6) is 0.867. The van der Waals surface area contributed by atoms with Gasteiger partial charge in [0, 0.05) is 12.5 Å². The van der Waals surface area contributed by atoms with Gasteiger partial charge in [-0.1, -0.05) is 13.3 Å². The van der Waals surface area contributed by atoms with Crippen LogP contribution in [-0.2, 0) is 4.79 Å². The van der Waals surface area contributed by atoms with E-state index in [1.807, 2.05) is 6.92 Å². The molecule has 1 aromatic rings. The highest BCUT2D eigenvalue weighted by Gasteiger charge is 2.10. The Bertz CT molecular complexity index is 266. The fraction of sp³-hybridized carbons (Fsp3) is 0.556. The van der Waals surface area contributed by atoms with E-state index in [9.17, 15) is 4.79 Å². The van der Waals surface area contributed by atoms with E-state index in [4.69, 9.17) is 5.73 Å². The lowest BCUT2D eigenvalue weighted by Gasteiger charge is -2.10. The molecule has 1 rings (SSSR count). The van der Waals surface area contributed by atoms with Crippen LogP contribution in [0.4, 0.5) is 5.82 Å². The summed E-state index contributed by atoms with van der Waals surface area (Å²) in [4.78, 5) is 11.4. The smallest absolute Gasteiger partial charge is 0.225 e. The summed E-state index contributed by atoms with van der Waals surface area (Å²) in [5, 5.41) is 9.10. The van der Waals surface area contributed by atoms with Crippen molar-refractivity contribution < 1.29 is 4.79 Å². The third-order valence-corrected chi connectivity index (χ3v) is 2.16. The second-order valence-electron chi connectivity index (χ2n) is 3.23. The standard InChI is InChI=1S/C9H16N4O/c1-2-7(6-10)5-9(14)12-8-3-4-11-13-8/h3-4,7H,2,5-6,10H2,1H3,(H2,11,12,13,14). The predicted molar refractivity (Wildman–Crippen MR) is 54.7 cm³/mol. The van der Waals surface area contributed by atoms with Crippen molar-refractivity contribution in [3.8, 4) is 0 Å². The molecule has 5 heteroatoms. The molecule has 0 radical (unpaired) electrons. The molecule has 0 aliphatic rings. The van der Waals surface area contributed by atoms with Crippen LogP contribution in [0.15, 0.2) is 12.3 Å². The number of hydrogen-bond acceptors (Lipinski definition) is 3. The topological polar surface area (TPSA) is 83.8 Å². The van der Waals surface area contributed by atoms with Gasteiger partial charge in [-0.3, -0.25) is 9.89 Å². The van der Waals surface area contributed by atoms with Crippen LogP contribution < -0.4 is 11.1 Å². The van der Waals surface area contributed by atoms with Crippen molar-refractivity contribution in [2.45, 2.75) is 19.8 Å². The molecule has 14 heavy (non-hydrogen) atoms. The molecular weight excluding hydrogens is 180 g/mol. The summed E-state index contributed by atoms with van der Waals surface area (Å²) in [6.45, 7) is 2.58. The van der Waals surface area contributed by atoms with Gasteiger partial charge in [-0.15, -0.1) is 0 Å². The maximum atomic E-state index is 11.4. The van der Waals surface area contributed by atoms with Crippen molar-refractivity contribution >= 4 is 11.7 Å². The molecule has 0 bridgehead atoms. The van der Waals surface area contributed by atoms with E-state index in [0.717, 1.165) is 6.42 Å². The monoisotopic (exact) mass is 196 g/mol. The SMILES string of the molecule is CCC(CN)CC(=O)Nc1ccn[nH]1. The highest BCUT2D eigenvalue weighted by atomic mass is 16.1. The maximum Gasteiger partial charge on any atom is 0.225 e. The summed E-state index contributed by atoms with van der Waals surface area (Å²) in [6.07, 6.45) is 2.98. The average Bonchev–Trinajstić information content (AvgIpc) is 2.66. The molecule has 4 N–H and O–H groups in total. The van der Waals surface area contributed by atoms with Gasteiger partial charge in [-0.2, -0.15) is 5.10 Å². The number of aromatic amines is 1. The van der Waals surface area contributed by atoms with E-state index in [2.05, 4.69) is 15.5 Å². The number of nitrogens with two attached hydrogens (primary N) is 1. The first-order valence-electron chi connectivity index (χ1n) is 4.75. The van der Waals surface area contributed by atoms with Crippen molar-refractivity contribution in [2.75, 3.05) is 11.9 Å². The minimum absolute atomic E-state index is 0.0217. The highest BCUT2D eigenvalue weighted by Crippen LogP contribution is 2.08. The lowest BCUT2D eigenvalue weighted by atomic mass is 10.0. The zero-order chi connectivity index (χ0) is 10.4. The molecule has 0 saturated heterocycles. The summed E-state index contributed by atoms with van der Waals surface area (Å²) >= 11 is 0. The number of aromatic nitrogens is 2. The molecule has 0 fully saturated rings. The van der Waals surface area contributed by atoms with E-state index in [1.165, 1.54) is 0 Å². The number of carbonyl (C=O) groups is 1. The Labute approximate surface area is 83.1 Å². The van der Waals surface area contributed by atoms with Crippen molar-refractivity contribution in [3.63, 3.8) is 0 Å². The van der Waals surface area contributed by atoms with Gasteiger partial charge < -0.3 is 11.1 Å².